The number of hydrogen-bond donors (Lipinski definition) is 0. The second-order valence-electron chi connectivity index (χ2n) is 6.47. The monoisotopic (exact) mass is 378 g/mol. The molecule has 0 spiro atoms. The first-order valence-electron chi connectivity index (χ1n) is 8.72. The molecule has 0 aromatic heterocycles. The van der Waals surface area contributed by atoms with Crippen LogP contribution in [0.5, 0.6) is 5.75 Å². The number of ether oxygens (including phenoxy) is 1. The van der Waals surface area contributed by atoms with Crippen LogP contribution in [0.3, 0.4) is 0 Å². The lowest BCUT2D eigenvalue weighted by Crippen LogP contribution is -2.48. The predicted molar refractivity (Wildman–Crippen MR) is 96.7 cm³/mol. The van der Waals surface area contributed by atoms with Crippen molar-refractivity contribution >= 4 is 11.6 Å². The van der Waals surface area contributed by atoms with E-state index in [2.05, 4.69) is 4.90 Å². The molecule has 3 rings (SSSR count). The van der Waals surface area contributed by atoms with Gasteiger partial charge >= 0.3 is 6.18 Å². The molecule has 2 aromatic carbocycles. The summed E-state index contributed by atoms with van der Waals surface area (Å²) in [6.07, 6.45) is -4.33. The molecule has 0 N–H and O–H groups in total. The van der Waals surface area contributed by atoms with E-state index in [0.29, 0.717) is 24.4 Å². The molecule has 27 heavy (non-hydrogen) atoms. The Morgan fingerprint density at radius 2 is 1.56 bits per heavy atom. The molecule has 1 heterocycles. The van der Waals surface area contributed by atoms with Crippen molar-refractivity contribution in [2.75, 3.05) is 31.1 Å². The maximum Gasteiger partial charge on any atom is 0.416 e. The number of piperazine rings is 1. The summed E-state index contributed by atoms with van der Waals surface area (Å²) in [4.78, 5) is 15.4. The molecule has 2 aromatic rings. The van der Waals surface area contributed by atoms with E-state index in [-0.39, 0.29) is 12.5 Å². The Labute approximate surface area is 156 Å². The number of rotatable bonds is 4. The first-order chi connectivity index (χ1) is 12.8. The van der Waals surface area contributed by atoms with Crippen LogP contribution in [0, 0.1) is 0 Å². The summed E-state index contributed by atoms with van der Waals surface area (Å²) >= 11 is 0. The fourth-order valence-corrected chi connectivity index (χ4v) is 2.99. The van der Waals surface area contributed by atoms with Crippen LogP contribution in [0.4, 0.5) is 18.9 Å². The molecule has 4 nitrogen and oxygen atoms in total. The van der Waals surface area contributed by atoms with E-state index in [9.17, 15) is 18.0 Å². The van der Waals surface area contributed by atoms with Crippen LogP contribution in [-0.4, -0.2) is 37.0 Å². The highest BCUT2D eigenvalue weighted by molar-refractivity contribution is 5.73. The van der Waals surface area contributed by atoms with Crippen LogP contribution < -0.4 is 9.64 Å². The van der Waals surface area contributed by atoms with Crippen molar-refractivity contribution in [3.05, 3.63) is 59.7 Å². The number of anilines is 1. The largest absolute Gasteiger partial charge is 0.489 e. The third kappa shape index (κ3) is 4.93. The summed E-state index contributed by atoms with van der Waals surface area (Å²) < 4.78 is 43.4. The lowest BCUT2D eigenvalue weighted by Gasteiger charge is -2.35. The van der Waals surface area contributed by atoms with Crippen molar-refractivity contribution in [3.8, 4) is 5.75 Å². The quantitative estimate of drug-likeness (QED) is 0.808. The van der Waals surface area contributed by atoms with E-state index in [1.807, 2.05) is 29.2 Å². The van der Waals surface area contributed by atoms with Crippen LogP contribution in [0.15, 0.2) is 48.5 Å². The van der Waals surface area contributed by atoms with Gasteiger partial charge in [0, 0.05) is 38.8 Å². The summed E-state index contributed by atoms with van der Waals surface area (Å²) in [5, 5.41) is 0. The number of carbonyl (C=O) groups excluding carboxylic acids is 1. The summed E-state index contributed by atoms with van der Waals surface area (Å²) in [7, 11) is 0. The van der Waals surface area contributed by atoms with E-state index in [1.165, 1.54) is 12.1 Å². The third-order valence-corrected chi connectivity index (χ3v) is 4.61. The Morgan fingerprint density at radius 1 is 0.963 bits per heavy atom. The summed E-state index contributed by atoms with van der Waals surface area (Å²) in [6, 6.07) is 12.5. The Balaban J connectivity index is 1.53. The van der Waals surface area contributed by atoms with Crippen LogP contribution >= 0.6 is 0 Å². The maximum absolute atomic E-state index is 12.6. The number of amides is 1. The molecule has 144 valence electrons. The molecule has 1 fully saturated rings. The average molecular weight is 378 g/mol. The van der Waals surface area contributed by atoms with Gasteiger partial charge in [-0.3, -0.25) is 4.79 Å². The van der Waals surface area contributed by atoms with Gasteiger partial charge in [-0.05, 0) is 42.0 Å². The van der Waals surface area contributed by atoms with Crippen LogP contribution in [0.2, 0.25) is 0 Å². The van der Waals surface area contributed by atoms with Crippen molar-refractivity contribution in [3.63, 3.8) is 0 Å². The molecule has 0 unspecified atom stereocenters. The first kappa shape index (κ1) is 19.1. The molecule has 1 amide bonds. The van der Waals surface area contributed by atoms with E-state index in [4.69, 9.17) is 4.74 Å². The van der Waals surface area contributed by atoms with Gasteiger partial charge in [0.25, 0.3) is 0 Å². The minimum Gasteiger partial charge on any atom is -0.489 e. The van der Waals surface area contributed by atoms with Crippen molar-refractivity contribution in [1.29, 1.82) is 0 Å². The van der Waals surface area contributed by atoms with Crippen LogP contribution in [-0.2, 0) is 17.6 Å². The number of nitrogens with zero attached hydrogens (tertiary/aromatic N) is 2. The maximum atomic E-state index is 12.6. The van der Waals surface area contributed by atoms with Gasteiger partial charge in [-0.1, -0.05) is 12.1 Å². The summed E-state index contributed by atoms with van der Waals surface area (Å²) in [5.41, 5.74) is 1.06. The Bertz CT molecular complexity index is 765. The number of alkyl halides is 3. The van der Waals surface area contributed by atoms with Crippen molar-refractivity contribution < 1.29 is 22.7 Å². The number of halogens is 3. The molecule has 0 radical (unpaired) electrons. The molecule has 0 saturated carbocycles. The number of benzene rings is 2. The highest BCUT2D eigenvalue weighted by Gasteiger charge is 2.29. The van der Waals surface area contributed by atoms with Gasteiger partial charge in [-0.15, -0.1) is 0 Å². The number of hydrogen-bond acceptors (Lipinski definition) is 3. The SMILES string of the molecule is CC(=O)N1CCN(c2ccc(OCc3ccc(C(F)(F)F)cc3)cc2)CC1. The Kier molecular flexibility index (Phi) is 5.58. The van der Waals surface area contributed by atoms with Crippen molar-refractivity contribution in [1.82, 2.24) is 4.90 Å². The topological polar surface area (TPSA) is 32.8 Å². The van der Waals surface area contributed by atoms with E-state index >= 15 is 0 Å². The van der Waals surface area contributed by atoms with Gasteiger partial charge in [-0.25, -0.2) is 0 Å². The summed E-state index contributed by atoms with van der Waals surface area (Å²) in [5.74, 6) is 0.752. The normalized spacial score (nSPS) is 15.0. The third-order valence-electron chi connectivity index (χ3n) is 4.61. The fraction of sp³-hybridized carbons (Fsp3) is 0.350. The highest BCUT2D eigenvalue weighted by atomic mass is 19.4. The summed E-state index contributed by atoms with van der Waals surface area (Å²) in [6.45, 7) is 4.77. The van der Waals surface area contributed by atoms with Crippen molar-refractivity contribution in [2.45, 2.75) is 19.7 Å². The van der Waals surface area contributed by atoms with Gasteiger partial charge in [0.1, 0.15) is 12.4 Å². The molecular weight excluding hydrogens is 357 g/mol. The molecule has 7 heteroatoms. The molecule has 0 aliphatic carbocycles. The molecule has 1 aliphatic heterocycles. The second kappa shape index (κ2) is 7.90. The zero-order valence-electron chi connectivity index (χ0n) is 15.0. The minimum atomic E-state index is -4.33. The van der Waals surface area contributed by atoms with E-state index < -0.39 is 11.7 Å². The molecule has 1 saturated heterocycles. The van der Waals surface area contributed by atoms with Gasteiger partial charge in [-0.2, -0.15) is 13.2 Å². The van der Waals surface area contributed by atoms with Gasteiger partial charge in [0.15, 0.2) is 0 Å². The Hall–Kier alpha value is -2.70. The molecule has 1 aliphatic rings. The lowest BCUT2D eigenvalue weighted by molar-refractivity contribution is -0.137. The van der Waals surface area contributed by atoms with Gasteiger partial charge in [0.2, 0.25) is 5.91 Å². The van der Waals surface area contributed by atoms with E-state index in [0.717, 1.165) is 30.9 Å². The zero-order valence-corrected chi connectivity index (χ0v) is 15.0. The highest BCUT2D eigenvalue weighted by Crippen LogP contribution is 2.29. The minimum absolute atomic E-state index is 0.0988. The fourth-order valence-electron chi connectivity index (χ4n) is 2.99. The standard InChI is InChI=1S/C20H21F3N2O2/c1-15(26)24-10-12-25(13-11-24)18-6-8-19(9-7-18)27-14-16-2-4-17(5-3-16)20(21,22)23/h2-9H,10-14H2,1H3. The Morgan fingerprint density at radius 3 is 2.07 bits per heavy atom. The lowest BCUT2D eigenvalue weighted by atomic mass is 10.1. The van der Waals surface area contributed by atoms with Crippen LogP contribution in [0.25, 0.3) is 0 Å². The average Bonchev–Trinajstić information content (AvgIpc) is 2.66. The van der Waals surface area contributed by atoms with E-state index in [1.54, 1.807) is 6.92 Å². The van der Waals surface area contributed by atoms with Crippen molar-refractivity contribution in [2.24, 2.45) is 0 Å². The molecular formula is C20H21F3N2O2. The predicted octanol–water partition coefficient (Wildman–Crippen LogP) is 3.95. The molecule has 0 atom stereocenters. The first-order valence-corrected chi connectivity index (χ1v) is 8.72. The molecule has 0 bridgehead atoms. The smallest absolute Gasteiger partial charge is 0.416 e. The van der Waals surface area contributed by atoms with Gasteiger partial charge < -0.3 is 14.5 Å². The zero-order chi connectivity index (χ0) is 19.4. The van der Waals surface area contributed by atoms with Gasteiger partial charge in [0.05, 0.1) is 5.56 Å². The second-order valence-corrected chi connectivity index (χ2v) is 6.47. The number of carbonyl (C=O) groups is 1. The van der Waals surface area contributed by atoms with Crippen LogP contribution in [0.1, 0.15) is 18.1 Å².